The molecule has 112 valence electrons. The molecule has 22 heavy (non-hydrogen) atoms. The molecule has 0 fully saturated rings. The number of aromatic nitrogens is 2. The summed E-state index contributed by atoms with van der Waals surface area (Å²) in [4.78, 5) is 12.2. The van der Waals surface area contributed by atoms with Gasteiger partial charge in [0.1, 0.15) is 0 Å². The van der Waals surface area contributed by atoms with Gasteiger partial charge < -0.3 is 5.32 Å². The predicted octanol–water partition coefficient (Wildman–Crippen LogP) is 3.83. The summed E-state index contributed by atoms with van der Waals surface area (Å²) in [5.41, 5.74) is 0.399. The Hall–Kier alpha value is -2.83. The van der Waals surface area contributed by atoms with E-state index in [1.165, 1.54) is 12.1 Å². The summed E-state index contributed by atoms with van der Waals surface area (Å²) in [6, 6.07) is 11.3. The Morgan fingerprint density at radius 1 is 1.05 bits per heavy atom. The molecule has 2 aromatic carbocycles. The average molecular weight is 305 g/mol. The fourth-order valence-corrected chi connectivity index (χ4v) is 2.07. The van der Waals surface area contributed by atoms with Crippen LogP contribution < -0.4 is 5.32 Å². The third-order valence-electron chi connectivity index (χ3n) is 3.16. The molecule has 0 aliphatic carbocycles. The Morgan fingerprint density at radius 3 is 2.41 bits per heavy atom. The standard InChI is InChI=1S/C15H10F3N3O/c16-15(17,18)9-5-7-10(8-6-9)19-14(22)13-11-3-1-2-4-12(11)20-21-13/h1-8H,(H,19,22)(H,20,21). The van der Waals surface area contributed by atoms with Gasteiger partial charge >= 0.3 is 6.18 Å². The molecule has 1 heterocycles. The molecule has 1 aromatic heterocycles. The summed E-state index contributed by atoms with van der Waals surface area (Å²) in [7, 11) is 0. The van der Waals surface area contributed by atoms with Gasteiger partial charge in [-0.1, -0.05) is 18.2 Å². The molecular weight excluding hydrogens is 295 g/mol. The Balaban J connectivity index is 1.82. The third kappa shape index (κ3) is 2.65. The van der Waals surface area contributed by atoms with E-state index in [1.54, 1.807) is 24.3 Å². The summed E-state index contributed by atoms with van der Waals surface area (Å²) in [6.45, 7) is 0. The second-order valence-electron chi connectivity index (χ2n) is 4.65. The van der Waals surface area contributed by atoms with Crippen LogP contribution in [0.1, 0.15) is 16.1 Å². The zero-order valence-electron chi connectivity index (χ0n) is 11.1. The van der Waals surface area contributed by atoms with Crippen LogP contribution in [-0.4, -0.2) is 16.1 Å². The van der Waals surface area contributed by atoms with E-state index in [0.29, 0.717) is 10.9 Å². The number of carbonyl (C=O) groups excluding carboxylic acids is 1. The fourth-order valence-electron chi connectivity index (χ4n) is 2.07. The lowest BCUT2D eigenvalue weighted by Crippen LogP contribution is -2.13. The SMILES string of the molecule is O=C(Nc1ccc(C(F)(F)F)cc1)c1n[nH]c2ccccc12. The number of amides is 1. The second-order valence-corrected chi connectivity index (χ2v) is 4.65. The number of nitrogens with one attached hydrogen (secondary N) is 2. The molecule has 0 atom stereocenters. The molecule has 3 rings (SSSR count). The van der Waals surface area contributed by atoms with Crippen molar-refractivity contribution in [2.75, 3.05) is 5.32 Å². The van der Waals surface area contributed by atoms with E-state index in [1.807, 2.05) is 0 Å². The number of alkyl halides is 3. The third-order valence-corrected chi connectivity index (χ3v) is 3.16. The van der Waals surface area contributed by atoms with Crippen molar-refractivity contribution < 1.29 is 18.0 Å². The van der Waals surface area contributed by atoms with Gasteiger partial charge in [-0.3, -0.25) is 9.89 Å². The zero-order valence-corrected chi connectivity index (χ0v) is 11.1. The highest BCUT2D eigenvalue weighted by atomic mass is 19.4. The van der Waals surface area contributed by atoms with E-state index in [9.17, 15) is 18.0 Å². The van der Waals surface area contributed by atoms with Gasteiger partial charge in [0.05, 0.1) is 11.1 Å². The van der Waals surface area contributed by atoms with Crippen LogP contribution in [0.5, 0.6) is 0 Å². The largest absolute Gasteiger partial charge is 0.416 e. The van der Waals surface area contributed by atoms with Crippen LogP contribution in [0.2, 0.25) is 0 Å². The molecule has 2 N–H and O–H groups in total. The number of carbonyl (C=O) groups is 1. The Labute approximate surface area is 123 Å². The van der Waals surface area contributed by atoms with Crippen LogP contribution in [0.3, 0.4) is 0 Å². The number of H-pyrrole nitrogens is 1. The van der Waals surface area contributed by atoms with Crippen molar-refractivity contribution in [3.8, 4) is 0 Å². The molecule has 7 heteroatoms. The van der Waals surface area contributed by atoms with Crippen LogP contribution >= 0.6 is 0 Å². The summed E-state index contributed by atoms with van der Waals surface area (Å²) in [5, 5.41) is 9.83. The van der Waals surface area contributed by atoms with E-state index in [0.717, 1.165) is 12.1 Å². The minimum atomic E-state index is -4.40. The lowest BCUT2D eigenvalue weighted by atomic mass is 10.2. The van der Waals surface area contributed by atoms with E-state index in [-0.39, 0.29) is 11.4 Å². The molecule has 0 radical (unpaired) electrons. The van der Waals surface area contributed by atoms with Crippen molar-refractivity contribution in [3.63, 3.8) is 0 Å². The molecule has 1 amide bonds. The first-order valence-electron chi connectivity index (χ1n) is 6.37. The van der Waals surface area contributed by atoms with Gasteiger partial charge in [0.15, 0.2) is 5.69 Å². The van der Waals surface area contributed by atoms with Crippen LogP contribution in [0.25, 0.3) is 10.9 Å². The van der Waals surface area contributed by atoms with Gasteiger partial charge in [-0.2, -0.15) is 18.3 Å². The van der Waals surface area contributed by atoms with Gasteiger partial charge in [0, 0.05) is 11.1 Å². The van der Waals surface area contributed by atoms with Crippen molar-refractivity contribution in [1.29, 1.82) is 0 Å². The summed E-state index contributed by atoms with van der Waals surface area (Å²) >= 11 is 0. The minimum absolute atomic E-state index is 0.190. The molecule has 4 nitrogen and oxygen atoms in total. The second kappa shape index (κ2) is 5.18. The van der Waals surface area contributed by atoms with Crippen molar-refractivity contribution in [2.24, 2.45) is 0 Å². The molecule has 0 saturated heterocycles. The average Bonchev–Trinajstić information content (AvgIpc) is 2.91. The highest BCUT2D eigenvalue weighted by Crippen LogP contribution is 2.30. The van der Waals surface area contributed by atoms with E-state index < -0.39 is 17.6 Å². The van der Waals surface area contributed by atoms with Crippen LogP contribution in [0.15, 0.2) is 48.5 Å². The number of hydrogen-bond acceptors (Lipinski definition) is 2. The number of benzene rings is 2. The lowest BCUT2D eigenvalue weighted by molar-refractivity contribution is -0.137. The minimum Gasteiger partial charge on any atom is -0.321 e. The summed E-state index contributed by atoms with van der Waals surface area (Å²) in [6.07, 6.45) is -4.40. The molecule has 0 saturated carbocycles. The first kappa shape index (κ1) is 14.1. The van der Waals surface area contributed by atoms with Gasteiger partial charge in [-0.15, -0.1) is 0 Å². The molecule has 0 aliphatic rings. The van der Waals surface area contributed by atoms with Gasteiger partial charge in [-0.25, -0.2) is 0 Å². The number of nitrogens with zero attached hydrogens (tertiary/aromatic N) is 1. The Kier molecular flexibility index (Phi) is 3.32. The van der Waals surface area contributed by atoms with E-state index in [2.05, 4.69) is 15.5 Å². The predicted molar refractivity (Wildman–Crippen MR) is 75.5 cm³/mol. The van der Waals surface area contributed by atoms with E-state index >= 15 is 0 Å². The topological polar surface area (TPSA) is 57.8 Å². The summed E-state index contributed by atoms with van der Waals surface area (Å²) < 4.78 is 37.4. The Bertz CT molecular complexity index is 822. The van der Waals surface area contributed by atoms with Crippen LogP contribution in [0.4, 0.5) is 18.9 Å². The molecule has 0 spiro atoms. The first-order chi connectivity index (χ1) is 10.4. The smallest absolute Gasteiger partial charge is 0.321 e. The molecular formula is C15H10F3N3O. The number of para-hydroxylation sites is 1. The van der Waals surface area contributed by atoms with E-state index in [4.69, 9.17) is 0 Å². The fraction of sp³-hybridized carbons (Fsp3) is 0.0667. The maximum atomic E-state index is 12.5. The van der Waals surface area contributed by atoms with Crippen molar-refractivity contribution >= 4 is 22.5 Å². The number of rotatable bonds is 2. The van der Waals surface area contributed by atoms with Crippen molar-refractivity contribution in [2.45, 2.75) is 6.18 Å². The maximum Gasteiger partial charge on any atom is 0.416 e. The number of fused-ring (bicyclic) bond motifs is 1. The Morgan fingerprint density at radius 2 is 1.73 bits per heavy atom. The van der Waals surface area contributed by atoms with Crippen molar-refractivity contribution in [3.05, 3.63) is 59.8 Å². The van der Waals surface area contributed by atoms with Gasteiger partial charge in [0.2, 0.25) is 0 Å². The number of hydrogen-bond donors (Lipinski definition) is 2. The normalized spacial score (nSPS) is 11.6. The molecule has 0 aliphatic heterocycles. The lowest BCUT2D eigenvalue weighted by Gasteiger charge is -2.08. The zero-order chi connectivity index (χ0) is 15.7. The molecule has 3 aromatic rings. The van der Waals surface area contributed by atoms with Gasteiger partial charge in [-0.05, 0) is 30.3 Å². The van der Waals surface area contributed by atoms with Crippen molar-refractivity contribution in [1.82, 2.24) is 10.2 Å². The number of anilines is 1. The first-order valence-corrected chi connectivity index (χ1v) is 6.37. The quantitative estimate of drug-likeness (QED) is 0.756. The highest BCUT2D eigenvalue weighted by molar-refractivity contribution is 6.11. The highest BCUT2D eigenvalue weighted by Gasteiger charge is 2.30. The molecule has 0 bridgehead atoms. The summed E-state index contributed by atoms with van der Waals surface area (Å²) in [5.74, 6) is -0.489. The number of halogens is 3. The maximum absolute atomic E-state index is 12.5. The number of aromatic amines is 1. The van der Waals surface area contributed by atoms with Crippen LogP contribution in [-0.2, 0) is 6.18 Å². The molecule has 0 unspecified atom stereocenters. The van der Waals surface area contributed by atoms with Gasteiger partial charge in [0.25, 0.3) is 5.91 Å². The van der Waals surface area contributed by atoms with Crippen LogP contribution in [0, 0.1) is 0 Å². The monoisotopic (exact) mass is 305 g/mol.